The van der Waals surface area contributed by atoms with Gasteiger partial charge in [0.25, 0.3) is 5.56 Å². The number of aliphatic hydroxyl groups is 2. The van der Waals surface area contributed by atoms with Gasteiger partial charge in [-0.2, -0.15) is 0 Å². The third-order valence-electron chi connectivity index (χ3n) is 3.27. The summed E-state index contributed by atoms with van der Waals surface area (Å²) in [5.74, 6) is -1.39. The van der Waals surface area contributed by atoms with Gasteiger partial charge in [0.2, 0.25) is 0 Å². The number of nitrogens with one attached hydrogen (secondary N) is 1. The molecule has 1 saturated heterocycles. The summed E-state index contributed by atoms with van der Waals surface area (Å²) in [6, 6.07) is 1.12. The van der Waals surface area contributed by atoms with Crippen LogP contribution in [0.25, 0.3) is 0 Å². The molecule has 0 saturated carbocycles. The minimum Gasteiger partial charge on any atom is -0.387 e. The molecule has 0 amide bonds. The highest BCUT2D eigenvalue weighted by Gasteiger charge is 2.45. The Hall–Kier alpha value is -0.720. The smallest absolute Gasteiger partial charge is 0.340 e. The number of hydrogen-bond acceptors (Lipinski definition) is 8. The highest BCUT2D eigenvalue weighted by Crippen LogP contribution is 2.55. The van der Waals surface area contributed by atoms with Crippen LogP contribution in [-0.4, -0.2) is 65.3 Å². The lowest BCUT2D eigenvalue weighted by molar-refractivity contribution is -0.0515. The zero-order valence-electron chi connectivity index (χ0n) is 12.4. The number of aromatic nitrogens is 2. The van der Waals surface area contributed by atoms with Gasteiger partial charge in [-0.3, -0.25) is 23.5 Å². The third-order valence-corrected chi connectivity index (χ3v) is 7.03. The maximum absolute atomic E-state index is 11.6. The fourth-order valence-electron chi connectivity index (χ4n) is 2.19. The van der Waals surface area contributed by atoms with Crippen molar-refractivity contribution in [3.63, 3.8) is 0 Å². The van der Waals surface area contributed by atoms with Crippen molar-refractivity contribution in [1.82, 2.24) is 9.55 Å². The Morgan fingerprint density at radius 1 is 1.28 bits per heavy atom. The Kier molecular flexibility index (Phi) is 6.17. The van der Waals surface area contributed by atoms with E-state index in [1.807, 2.05) is 0 Å². The summed E-state index contributed by atoms with van der Waals surface area (Å²) in [7, 11) is -9.42. The molecule has 12 nitrogen and oxygen atoms in total. The Labute approximate surface area is 145 Å². The first-order valence-corrected chi connectivity index (χ1v) is 10.7. The zero-order chi connectivity index (χ0) is 19.0. The molecule has 6 N–H and O–H groups in total. The minimum atomic E-state index is -4.79. The standard InChI is InChI=1S/C10H16N2O10P2S/c13-6-1-2-12(10(25)11-6)9-8(15)7(14)5(22-9)3-21-24(19,20)4-23(16,17)18/h1-2,5,7-9,14-15H,3-4H2,(H,19,20)(H,11,13,25)(H2,16,17,18)/t5-,7-,8+,9-/m1/s1. The van der Waals surface area contributed by atoms with E-state index in [0.29, 0.717) is 0 Å². The van der Waals surface area contributed by atoms with Crippen LogP contribution in [-0.2, 0) is 18.4 Å². The van der Waals surface area contributed by atoms with E-state index in [4.69, 9.17) is 26.7 Å². The van der Waals surface area contributed by atoms with Gasteiger partial charge < -0.3 is 34.2 Å². The molecular formula is C10H16N2O10P2S. The summed E-state index contributed by atoms with van der Waals surface area (Å²) in [5, 5.41) is 20.0. The number of rotatable bonds is 6. The van der Waals surface area contributed by atoms with Crippen LogP contribution in [0.4, 0.5) is 0 Å². The lowest BCUT2D eigenvalue weighted by Gasteiger charge is -2.18. The summed E-state index contributed by atoms with van der Waals surface area (Å²) in [4.78, 5) is 40.3. The number of aliphatic hydroxyl groups excluding tert-OH is 2. The van der Waals surface area contributed by atoms with Crippen molar-refractivity contribution in [3.05, 3.63) is 27.4 Å². The normalized spacial score (nSPS) is 29.5. The van der Waals surface area contributed by atoms with Gasteiger partial charge in [0.15, 0.2) is 16.9 Å². The first-order valence-electron chi connectivity index (χ1n) is 6.74. The molecule has 142 valence electrons. The van der Waals surface area contributed by atoms with Crippen molar-refractivity contribution in [2.24, 2.45) is 0 Å². The van der Waals surface area contributed by atoms with E-state index in [9.17, 15) is 29.0 Å². The van der Waals surface area contributed by atoms with Crippen LogP contribution in [0.5, 0.6) is 0 Å². The van der Waals surface area contributed by atoms with E-state index in [-0.39, 0.29) is 4.77 Å². The molecular weight excluding hydrogens is 402 g/mol. The Morgan fingerprint density at radius 2 is 1.92 bits per heavy atom. The van der Waals surface area contributed by atoms with Gasteiger partial charge in [-0.15, -0.1) is 0 Å². The van der Waals surface area contributed by atoms with Crippen LogP contribution in [0.1, 0.15) is 6.23 Å². The van der Waals surface area contributed by atoms with Crippen LogP contribution < -0.4 is 5.56 Å². The molecule has 1 aromatic heterocycles. The van der Waals surface area contributed by atoms with Crippen LogP contribution in [0, 0.1) is 4.77 Å². The van der Waals surface area contributed by atoms with E-state index < -0.39 is 57.8 Å². The number of nitrogens with zero attached hydrogens (tertiary/aromatic N) is 1. The molecule has 1 aliphatic rings. The summed E-state index contributed by atoms with van der Waals surface area (Å²) >= 11 is 4.92. The van der Waals surface area contributed by atoms with Gasteiger partial charge in [0.05, 0.1) is 6.61 Å². The van der Waals surface area contributed by atoms with Crippen molar-refractivity contribution in [1.29, 1.82) is 0 Å². The number of H-pyrrole nitrogens is 1. The number of ether oxygens (including phenoxy) is 1. The average Bonchev–Trinajstić information content (AvgIpc) is 2.71. The van der Waals surface area contributed by atoms with E-state index >= 15 is 0 Å². The maximum Gasteiger partial charge on any atom is 0.340 e. The topological polar surface area (TPSA) is 192 Å². The highest BCUT2D eigenvalue weighted by atomic mass is 32.1. The van der Waals surface area contributed by atoms with Gasteiger partial charge in [-0.25, -0.2) is 0 Å². The van der Waals surface area contributed by atoms with Crippen molar-refractivity contribution >= 4 is 27.4 Å². The fraction of sp³-hybridized carbons (Fsp3) is 0.600. The Balaban J connectivity index is 2.09. The van der Waals surface area contributed by atoms with Crippen molar-refractivity contribution in [2.45, 2.75) is 24.5 Å². The van der Waals surface area contributed by atoms with E-state index in [1.165, 1.54) is 10.8 Å². The lowest BCUT2D eigenvalue weighted by Crippen LogP contribution is -2.34. The van der Waals surface area contributed by atoms with Crippen LogP contribution >= 0.6 is 27.4 Å². The average molecular weight is 418 g/mol. The predicted octanol–water partition coefficient (Wildman–Crippen LogP) is -1.14. The van der Waals surface area contributed by atoms with Gasteiger partial charge in [-0.05, 0) is 12.2 Å². The van der Waals surface area contributed by atoms with Crippen molar-refractivity contribution in [2.75, 3.05) is 12.5 Å². The second-order valence-electron chi connectivity index (χ2n) is 5.30. The first kappa shape index (κ1) is 20.6. The SMILES string of the molecule is O=c1ccn([C@@H]2O[C@H](COP(=O)(O)CP(=O)(O)O)[C@@H](O)[C@@H]2O)c(=S)[nH]1. The third kappa shape index (κ3) is 5.38. The molecule has 5 atom stereocenters. The van der Waals surface area contributed by atoms with E-state index in [0.717, 1.165) is 6.07 Å². The molecule has 1 fully saturated rings. The number of aromatic amines is 1. The van der Waals surface area contributed by atoms with Gasteiger partial charge in [0, 0.05) is 12.3 Å². The molecule has 0 radical (unpaired) electrons. The predicted molar refractivity (Wildman–Crippen MR) is 84.5 cm³/mol. The summed E-state index contributed by atoms with van der Waals surface area (Å²) < 4.78 is 33.4. The zero-order valence-corrected chi connectivity index (χ0v) is 15.0. The summed E-state index contributed by atoms with van der Waals surface area (Å²) in [5.41, 5.74) is -0.479. The van der Waals surface area contributed by atoms with Crippen LogP contribution in [0.3, 0.4) is 0 Å². The van der Waals surface area contributed by atoms with Gasteiger partial charge >= 0.3 is 15.2 Å². The summed E-state index contributed by atoms with van der Waals surface area (Å²) in [6.07, 6.45) is -4.27. The van der Waals surface area contributed by atoms with E-state index in [1.54, 1.807) is 0 Å². The van der Waals surface area contributed by atoms with Gasteiger partial charge in [-0.1, -0.05) is 0 Å². The molecule has 0 aromatic carbocycles. The molecule has 0 spiro atoms. The molecule has 1 unspecified atom stereocenters. The van der Waals surface area contributed by atoms with Crippen LogP contribution in [0.2, 0.25) is 0 Å². The minimum absolute atomic E-state index is 0.0837. The van der Waals surface area contributed by atoms with Crippen LogP contribution in [0.15, 0.2) is 17.1 Å². The fourth-order valence-corrected chi connectivity index (χ4v) is 5.02. The summed E-state index contributed by atoms with van der Waals surface area (Å²) in [6.45, 7) is -0.709. The molecule has 25 heavy (non-hydrogen) atoms. The van der Waals surface area contributed by atoms with Gasteiger partial charge in [0.1, 0.15) is 18.3 Å². The maximum atomic E-state index is 11.6. The highest BCUT2D eigenvalue weighted by molar-refractivity contribution is 7.71. The largest absolute Gasteiger partial charge is 0.387 e. The first-order chi connectivity index (χ1) is 11.4. The second kappa shape index (κ2) is 7.49. The molecule has 2 rings (SSSR count). The Bertz CT molecular complexity index is 833. The van der Waals surface area contributed by atoms with E-state index in [2.05, 4.69) is 9.51 Å². The Morgan fingerprint density at radius 3 is 2.48 bits per heavy atom. The molecule has 0 bridgehead atoms. The van der Waals surface area contributed by atoms with Crippen molar-refractivity contribution < 1.29 is 43.3 Å². The molecule has 0 aliphatic carbocycles. The lowest BCUT2D eigenvalue weighted by atomic mass is 10.1. The molecule has 15 heteroatoms. The molecule has 1 aliphatic heterocycles. The quantitative estimate of drug-likeness (QED) is 0.242. The van der Waals surface area contributed by atoms with Crippen molar-refractivity contribution in [3.8, 4) is 0 Å². The molecule has 1 aromatic rings. The second-order valence-corrected chi connectivity index (χ2v) is 9.68. The number of hydrogen-bond donors (Lipinski definition) is 6. The monoisotopic (exact) mass is 418 g/mol. The molecule has 2 heterocycles.